The molecule has 0 bridgehead atoms. The molecule has 0 atom stereocenters. The van der Waals surface area contributed by atoms with Gasteiger partial charge in [-0.05, 0) is 31.5 Å². The summed E-state index contributed by atoms with van der Waals surface area (Å²) >= 11 is 0. The zero-order valence-corrected chi connectivity index (χ0v) is 19.5. The number of methoxy groups -OCH3 is 2. The van der Waals surface area contributed by atoms with Crippen molar-refractivity contribution >= 4 is 23.3 Å². The summed E-state index contributed by atoms with van der Waals surface area (Å²) in [6.07, 6.45) is 0.530. The molecular formula is C23H27N3O8. The number of nitro groups is 1. The lowest BCUT2D eigenvalue weighted by atomic mass is 9.96. The van der Waals surface area contributed by atoms with Gasteiger partial charge in [0, 0.05) is 25.7 Å². The molecule has 0 saturated carbocycles. The number of fused-ring (bicyclic) bond motifs is 1. The number of carbonyl (C=O) groups is 2. The van der Waals surface area contributed by atoms with Crippen LogP contribution < -0.4 is 19.5 Å². The van der Waals surface area contributed by atoms with Crippen LogP contribution in [0.3, 0.4) is 0 Å². The van der Waals surface area contributed by atoms with Gasteiger partial charge in [0.15, 0.2) is 11.5 Å². The zero-order valence-electron chi connectivity index (χ0n) is 19.5. The van der Waals surface area contributed by atoms with Gasteiger partial charge in [0.25, 0.3) is 5.91 Å². The predicted octanol–water partition coefficient (Wildman–Crippen LogP) is 3.40. The van der Waals surface area contributed by atoms with Crippen LogP contribution in [0.25, 0.3) is 0 Å². The highest BCUT2D eigenvalue weighted by molar-refractivity contribution is 5.99. The van der Waals surface area contributed by atoms with E-state index in [9.17, 15) is 19.7 Å². The monoisotopic (exact) mass is 473 g/mol. The van der Waals surface area contributed by atoms with Gasteiger partial charge in [-0.3, -0.25) is 19.7 Å². The molecule has 1 N–H and O–H groups in total. The maximum absolute atomic E-state index is 13.1. The minimum Gasteiger partial charge on any atom is -0.493 e. The number of hydrogen-bond acceptors (Lipinski definition) is 9. The third kappa shape index (κ3) is 4.82. The first kappa shape index (κ1) is 24.6. The minimum absolute atomic E-state index is 0.00778. The molecule has 2 aromatic rings. The highest BCUT2D eigenvalue weighted by atomic mass is 16.6. The van der Waals surface area contributed by atoms with E-state index in [-0.39, 0.29) is 65.8 Å². The number of anilines is 1. The number of esters is 1. The fourth-order valence-electron chi connectivity index (χ4n) is 3.85. The number of nitrogens with one attached hydrogen (secondary N) is 1. The Morgan fingerprint density at radius 2 is 1.97 bits per heavy atom. The molecule has 0 aliphatic carbocycles. The number of rotatable bonds is 10. The molecule has 1 aliphatic heterocycles. The quantitative estimate of drug-likeness (QED) is 0.313. The van der Waals surface area contributed by atoms with E-state index in [0.717, 1.165) is 0 Å². The van der Waals surface area contributed by atoms with E-state index in [4.69, 9.17) is 18.9 Å². The van der Waals surface area contributed by atoms with Crippen LogP contribution in [0.2, 0.25) is 0 Å². The lowest BCUT2D eigenvalue weighted by Gasteiger charge is -2.30. The second-order valence-electron chi connectivity index (χ2n) is 7.33. The van der Waals surface area contributed by atoms with Gasteiger partial charge in [-0.1, -0.05) is 6.07 Å². The van der Waals surface area contributed by atoms with Crippen molar-refractivity contribution < 1.29 is 33.5 Å². The molecule has 0 unspecified atom stereocenters. The van der Waals surface area contributed by atoms with Crippen molar-refractivity contribution in [3.8, 4) is 23.0 Å². The summed E-state index contributed by atoms with van der Waals surface area (Å²) in [6.45, 7) is 2.59. The highest BCUT2D eigenvalue weighted by Gasteiger charge is 2.32. The van der Waals surface area contributed by atoms with Gasteiger partial charge in [-0.15, -0.1) is 0 Å². The molecule has 11 nitrogen and oxygen atoms in total. The zero-order chi connectivity index (χ0) is 24.8. The third-order valence-electron chi connectivity index (χ3n) is 5.43. The Bertz CT molecular complexity index is 1100. The van der Waals surface area contributed by atoms with Crippen LogP contribution in [0.5, 0.6) is 23.0 Å². The number of carbonyl (C=O) groups excluding carboxylic acids is 2. The Morgan fingerprint density at radius 1 is 1.21 bits per heavy atom. The Morgan fingerprint density at radius 3 is 2.59 bits per heavy atom. The fraction of sp³-hybridized carbons (Fsp3) is 0.391. The van der Waals surface area contributed by atoms with Crippen LogP contribution in [0, 0.1) is 10.1 Å². The third-order valence-corrected chi connectivity index (χ3v) is 5.43. The summed E-state index contributed by atoms with van der Waals surface area (Å²) in [6, 6.07) is 6.19. The number of amides is 1. The molecular weight excluding hydrogens is 446 g/mol. The SMILES string of the molecule is CCOC(=O)CCN1CCc2c(cc(OC)c(Oc3cccc(NC)c3[N+](=O)[O-])c2OC)C1=O. The van der Waals surface area contributed by atoms with E-state index in [0.29, 0.717) is 24.1 Å². The Balaban J connectivity index is 2.00. The maximum atomic E-state index is 13.1. The predicted molar refractivity (Wildman–Crippen MR) is 123 cm³/mol. The maximum Gasteiger partial charge on any atom is 0.334 e. The van der Waals surface area contributed by atoms with Crippen LogP contribution >= 0.6 is 0 Å². The number of para-hydroxylation sites is 1. The van der Waals surface area contributed by atoms with Gasteiger partial charge >= 0.3 is 11.7 Å². The summed E-state index contributed by atoms with van der Waals surface area (Å²) in [5.41, 5.74) is 0.997. The molecule has 3 rings (SSSR count). The molecule has 0 aromatic heterocycles. The smallest absolute Gasteiger partial charge is 0.334 e. The van der Waals surface area contributed by atoms with Gasteiger partial charge < -0.3 is 29.2 Å². The molecule has 1 amide bonds. The molecule has 182 valence electrons. The summed E-state index contributed by atoms with van der Waals surface area (Å²) in [4.78, 5) is 37.6. The number of nitrogens with zero attached hydrogens (tertiary/aromatic N) is 2. The van der Waals surface area contributed by atoms with E-state index in [2.05, 4.69) is 5.32 Å². The Labute approximate surface area is 196 Å². The second kappa shape index (κ2) is 10.7. The molecule has 1 aliphatic rings. The van der Waals surface area contributed by atoms with Crippen molar-refractivity contribution in [2.45, 2.75) is 19.8 Å². The second-order valence-corrected chi connectivity index (χ2v) is 7.33. The van der Waals surface area contributed by atoms with Crippen LogP contribution in [-0.2, 0) is 16.0 Å². The lowest BCUT2D eigenvalue weighted by molar-refractivity contribution is -0.384. The van der Waals surface area contributed by atoms with Crippen molar-refractivity contribution in [1.82, 2.24) is 4.90 Å². The molecule has 1 heterocycles. The molecule has 2 aromatic carbocycles. The average molecular weight is 473 g/mol. The minimum atomic E-state index is -0.538. The van der Waals surface area contributed by atoms with E-state index >= 15 is 0 Å². The number of ether oxygens (including phenoxy) is 4. The first-order valence-electron chi connectivity index (χ1n) is 10.7. The fourth-order valence-corrected chi connectivity index (χ4v) is 3.85. The standard InChI is InChI=1S/C23H27N3O8/c1-5-33-19(27)10-12-25-11-9-14-15(23(25)28)13-18(31-3)22(21(14)32-4)34-17-8-6-7-16(24-2)20(17)26(29)30/h6-8,13,24H,5,9-12H2,1-4H3. The first-order valence-corrected chi connectivity index (χ1v) is 10.7. The van der Waals surface area contributed by atoms with Crippen LogP contribution in [0.1, 0.15) is 29.3 Å². The molecule has 34 heavy (non-hydrogen) atoms. The van der Waals surface area contributed by atoms with Crippen molar-refractivity contribution in [2.75, 3.05) is 46.3 Å². The Kier molecular flexibility index (Phi) is 7.77. The summed E-state index contributed by atoms with van der Waals surface area (Å²) in [5, 5.41) is 14.5. The van der Waals surface area contributed by atoms with E-state index < -0.39 is 4.92 Å². The molecule has 0 spiro atoms. The van der Waals surface area contributed by atoms with Crippen molar-refractivity contribution in [2.24, 2.45) is 0 Å². The molecule has 0 radical (unpaired) electrons. The van der Waals surface area contributed by atoms with Gasteiger partial charge in [-0.25, -0.2) is 0 Å². The molecule has 11 heteroatoms. The van der Waals surface area contributed by atoms with Crippen molar-refractivity contribution in [3.63, 3.8) is 0 Å². The summed E-state index contributed by atoms with van der Waals surface area (Å²) in [7, 11) is 4.40. The Hall–Kier alpha value is -4.02. The summed E-state index contributed by atoms with van der Waals surface area (Å²) in [5.74, 6) is -0.0843. The topological polar surface area (TPSA) is 129 Å². The van der Waals surface area contributed by atoms with Crippen LogP contribution in [0.15, 0.2) is 24.3 Å². The molecule has 0 saturated heterocycles. The van der Waals surface area contributed by atoms with Gasteiger partial charge in [-0.2, -0.15) is 0 Å². The number of benzene rings is 2. The number of hydrogen-bond donors (Lipinski definition) is 1. The van der Waals surface area contributed by atoms with Crippen LogP contribution in [-0.4, -0.2) is 62.7 Å². The van der Waals surface area contributed by atoms with Gasteiger partial charge in [0.2, 0.25) is 11.5 Å². The average Bonchev–Trinajstić information content (AvgIpc) is 2.83. The van der Waals surface area contributed by atoms with E-state index in [1.54, 1.807) is 31.0 Å². The van der Waals surface area contributed by atoms with Gasteiger partial charge in [0.1, 0.15) is 5.69 Å². The normalized spacial score (nSPS) is 12.6. The first-order chi connectivity index (χ1) is 16.4. The lowest BCUT2D eigenvalue weighted by Crippen LogP contribution is -2.39. The largest absolute Gasteiger partial charge is 0.493 e. The van der Waals surface area contributed by atoms with Crippen molar-refractivity contribution in [3.05, 3.63) is 45.5 Å². The highest BCUT2D eigenvalue weighted by Crippen LogP contribution is 2.48. The van der Waals surface area contributed by atoms with Crippen LogP contribution in [0.4, 0.5) is 11.4 Å². The van der Waals surface area contributed by atoms with Gasteiger partial charge in [0.05, 0.1) is 37.7 Å². The van der Waals surface area contributed by atoms with E-state index in [1.165, 1.54) is 26.4 Å². The molecule has 0 fully saturated rings. The number of nitro benzene ring substituents is 1. The van der Waals surface area contributed by atoms with Crippen molar-refractivity contribution in [1.29, 1.82) is 0 Å². The van der Waals surface area contributed by atoms with E-state index in [1.807, 2.05) is 0 Å². The summed E-state index contributed by atoms with van der Waals surface area (Å²) < 4.78 is 22.0.